The smallest absolute Gasteiger partial charge is 0.264 e. The fraction of sp³-hybridized carbons (Fsp3) is 0.310. The molecule has 1 atom stereocenters. The molecule has 9 heteroatoms. The van der Waals surface area contributed by atoms with Crippen molar-refractivity contribution in [2.75, 3.05) is 10.8 Å². The predicted octanol–water partition coefficient (Wildman–Crippen LogP) is 4.66. The van der Waals surface area contributed by atoms with Gasteiger partial charge in [0.1, 0.15) is 18.4 Å². The van der Waals surface area contributed by atoms with Crippen LogP contribution in [0.2, 0.25) is 0 Å². The van der Waals surface area contributed by atoms with E-state index in [0.29, 0.717) is 6.42 Å². The third kappa shape index (κ3) is 6.98. The zero-order valence-electron chi connectivity index (χ0n) is 22.1. The van der Waals surface area contributed by atoms with Gasteiger partial charge in [-0.1, -0.05) is 67.1 Å². The van der Waals surface area contributed by atoms with Crippen LogP contribution < -0.4 is 9.62 Å². The molecule has 3 aromatic carbocycles. The molecule has 0 aliphatic heterocycles. The number of halogens is 1. The molecule has 0 spiro atoms. The molecular weight excluding hydrogens is 505 g/mol. The summed E-state index contributed by atoms with van der Waals surface area (Å²) in [5.41, 5.74) is 1.38. The highest BCUT2D eigenvalue weighted by Crippen LogP contribution is 2.27. The predicted molar refractivity (Wildman–Crippen MR) is 146 cm³/mol. The van der Waals surface area contributed by atoms with Gasteiger partial charge < -0.3 is 10.2 Å². The molecule has 38 heavy (non-hydrogen) atoms. The van der Waals surface area contributed by atoms with Crippen LogP contribution >= 0.6 is 0 Å². The summed E-state index contributed by atoms with van der Waals surface area (Å²) >= 11 is 0. The topological polar surface area (TPSA) is 86.8 Å². The van der Waals surface area contributed by atoms with Crippen molar-refractivity contribution in [3.63, 3.8) is 0 Å². The fourth-order valence-electron chi connectivity index (χ4n) is 4.09. The van der Waals surface area contributed by atoms with Crippen molar-refractivity contribution < 1.29 is 22.4 Å². The monoisotopic (exact) mass is 539 g/mol. The Kier molecular flexibility index (Phi) is 9.63. The third-order valence-corrected chi connectivity index (χ3v) is 7.80. The standard InChI is InChI=1S/C29H34FN3O4S/c1-5-26(29(35)31-21(2)3)32(19-23-11-7-6-8-12-23)28(34)20-33(27-14-10-9-13-25(27)30)38(36,37)24-17-15-22(4)16-18-24/h6-18,21,26H,5,19-20H2,1-4H3,(H,31,35)/t26-/m0/s1. The number of nitrogens with one attached hydrogen (secondary N) is 1. The van der Waals surface area contributed by atoms with Crippen molar-refractivity contribution in [3.8, 4) is 0 Å². The molecule has 3 aromatic rings. The number of hydrogen-bond acceptors (Lipinski definition) is 4. The van der Waals surface area contributed by atoms with Gasteiger partial charge >= 0.3 is 0 Å². The summed E-state index contributed by atoms with van der Waals surface area (Å²) in [7, 11) is -4.32. The number of para-hydroxylation sites is 1. The first kappa shape index (κ1) is 28.8. The molecule has 0 aliphatic carbocycles. The number of benzene rings is 3. The van der Waals surface area contributed by atoms with E-state index in [0.717, 1.165) is 21.5 Å². The lowest BCUT2D eigenvalue weighted by molar-refractivity contribution is -0.140. The number of carbonyl (C=O) groups excluding carboxylic acids is 2. The van der Waals surface area contributed by atoms with E-state index in [1.807, 2.05) is 51.1 Å². The van der Waals surface area contributed by atoms with Gasteiger partial charge in [0.05, 0.1) is 10.6 Å². The van der Waals surface area contributed by atoms with Crippen molar-refractivity contribution in [1.29, 1.82) is 0 Å². The van der Waals surface area contributed by atoms with E-state index in [2.05, 4.69) is 5.32 Å². The Labute approximate surface area is 224 Å². The Balaban J connectivity index is 2.06. The molecule has 0 heterocycles. The molecule has 0 radical (unpaired) electrons. The highest BCUT2D eigenvalue weighted by atomic mass is 32.2. The number of sulfonamides is 1. The number of nitrogens with zero attached hydrogens (tertiary/aromatic N) is 2. The maximum absolute atomic E-state index is 14.9. The van der Waals surface area contributed by atoms with E-state index < -0.39 is 34.3 Å². The Morgan fingerprint density at radius 1 is 0.921 bits per heavy atom. The Morgan fingerprint density at radius 2 is 1.53 bits per heavy atom. The van der Waals surface area contributed by atoms with Gasteiger partial charge in [-0.05, 0) is 57.0 Å². The lowest BCUT2D eigenvalue weighted by Crippen LogP contribution is -2.53. The molecule has 0 saturated heterocycles. The zero-order valence-corrected chi connectivity index (χ0v) is 22.9. The van der Waals surface area contributed by atoms with Gasteiger partial charge in [0.25, 0.3) is 10.0 Å². The average Bonchev–Trinajstić information content (AvgIpc) is 2.88. The van der Waals surface area contributed by atoms with Crippen LogP contribution in [0.4, 0.5) is 10.1 Å². The minimum Gasteiger partial charge on any atom is -0.352 e. The summed E-state index contributed by atoms with van der Waals surface area (Å²) in [6, 6.07) is 19.7. The van der Waals surface area contributed by atoms with Crippen LogP contribution in [0.5, 0.6) is 0 Å². The van der Waals surface area contributed by atoms with Crippen LogP contribution in [0.1, 0.15) is 38.3 Å². The first-order valence-corrected chi connectivity index (χ1v) is 14.0. The summed E-state index contributed by atoms with van der Waals surface area (Å²) in [5, 5.41) is 2.85. The van der Waals surface area contributed by atoms with Gasteiger partial charge in [-0.3, -0.25) is 13.9 Å². The van der Waals surface area contributed by atoms with E-state index in [9.17, 15) is 22.4 Å². The van der Waals surface area contributed by atoms with E-state index in [1.165, 1.54) is 35.2 Å². The van der Waals surface area contributed by atoms with Crippen molar-refractivity contribution in [1.82, 2.24) is 10.2 Å². The van der Waals surface area contributed by atoms with Crippen molar-refractivity contribution >= 4 is 27.5 Å². The molecule has 3 rings (SSSR count). The van der Waals surface area contributed by atoms with Gasteiger partial charge in [-0.15, -0.1) is 0 Å². The summed E-state index contributed by atoms with van der Waals surface area (Å²) in [6.45, 7) is 6.65. The molecule has 7 nitrogen and oxygen atoms in total. The summed E-state index contributed by atoms with van der Waals surface area (Å²) in [5.74, 6) is -1.75. The van der Waals surface area contributed by atoms with Crippen LogP contribution in [-0.2, 0) is 26.2 Å². The second kappa shape index (κ2) is 12.7. The fourth-order valence-corrected chi connectivity index (χ4v) is 5.51. The van der Waals surface area contributed by atoms with E-state index >= 15 is 0 Å². The number of anilines is 1. The van der Waals surface area contributed by atoms with Crippen LogP contribution in [0.25, 0.3) is 0 Å². The second-order valence-corrected chi connectivity index (χ2v) is 11.2. The molecule has 0 fully saturated rings. The minimum atomic E-state index is -4.32. The number of hydrogen-bond donors (Lipinski definition) is 1. The van der Waals surface area contributed by atoms with E-state index in [-0.39, 0.29) is 29.1 Å². The molecule has 0 bridgehead atoms. The number of amides is 2. The Morgan fingerprint density at radius 3 is 2.11 bits per heavy atom. The zero-order chi connectivity index (χ0) is 27.9. The van der Waals surface area contributed by atoms with Gasteiger partial charge in [0, 0.05) is 12.6 Å². The van der Waals surface area contributed by atoms with Crippen molar-refractivity contribution in [2.24, 2.45) is 0 Å². The van der Waals surface area contributed by atoms with Gasteiger partial charge in [0.15, 0.2) is 0 Å². The summed E-state index contributed by atoms with van der Waals surface area (Å²) in [6.07, 6.45) is 0.307. The van der Waals surface area contributed by atoms with Gasteiger partial charge in [-0.25, -0.2) is 12.8 Å². The van der Waals surface area contributed by atoms with E-state index in [1.54, 1.807) is 19.1 Å². The summed E-state index contributed by atoms with van der Waals surface area (Å²) in [4.78, 5) is 28.3. The first-order valence-electron chi connectivity index (χ1n) is 12.5. The number of rotatable bonds is 11. The Hall–Kier alpha value is -3.72. The van der Waals surface area contributed by atoms with E-state index in [4.69, 9.17) is 0 Å². The molecule has 0 aromatic heterocycles. The molecule has 1 N–H and O–H groups in total. The number of carbonyl (C=O) groups is 2. The average molecular weight is 540 g/mol. The van der Waals surface area contributed by atoms with Gasteiger partial charge in [0.2, 0.25) is 11.8 Å². The molecule has 0 unspecified atom stereocenters. The van der Waals surface area contributed by atoms with Crippen LogP contribution in [0.3, 0.4) is 0 Å². The maximum atomic E-state index is 14.9. The molecule has 2 amide bonds. The highest BCUT2D eigenvalue weighted by Gasteiger charge is 2.34. The Bertz CT molecular complexity index is 1350. The van der Waals surface area contributed by atoms with Gasteiger partial charge in [-0.2, -0.15) is 0 Å². The van der Waals surface area contributed by atoms with Crippen LogP contribution in [0.15, 0.2) is 83.8 Å². The number of aryl methyl sites for hydroxylation is 1. The highest BCUT2D eigenvalue weighted by molar-refractivity contribution is 7.92. The molecular formula is C29H34FN3O4S. The lowest BCUT2D eigenvalue weighted by atomic mass is 10.1. The quantitative estimate of drug-likeness (QED) is 0.384. The van der Waals surface area contributed by atoms with Crippen LogP contribution in [0, 0.1) is 12.7 Å². The molecule has 202 valence electrons. The first-order chi connectivity index (χ1) is 18.0. The van der Waals surface area contributed by atoms with Crippen LogP contribution in [-0.4, -0.2) is 43.8 Å². The van der Waals surface area contributed by atoms with Crippen molar-refractivity contribution in [2.45, 2.75) is 57.6 Å². The molecule has 0 aliphatic rings. The largest absolute Gasteiger partial charge is 0.352 e. The summed E-state index contributed by atoms with van der Waals surface area (Å²) < 4.78 is 43.2. The maximum Gasteiger partial charge on any atom is 0.264 e. The normalized spacial score (nSPS) is 12.2. The minimum absolute atomic E-state index is 0.0710. The SMILES string of the molecule is CC[C@@H](C(=O)NC(C)C)N(Cc1ccccc1)C(=O)CN(c1ccccc1F)S(=O)(=O)c1ccc(C)cc1. The molecule has 0 saturated carbocycles. The lowest BCUT2D eigenvalue weighted by Gasteiger charge is -2.33. The third-order valence-electron chi connectivity index (χ3n) is 6.02. The van der Waals surface area contributed by atoms with Crippen molar-refractivity contribution in [3.05, 3.63) is 95.8 Å². The second-order valence-electron chi connectivity index (χ2n) is 9.37.